The number of fused-ring (bicyclic) bond motifs is 1. The number of esters is 1. The Morgan fingerprint density at radius 1 is 0.968 bits per heavy atom. The van der Waals surface area contributed by atoms with Gasteiger partial charge in [-0.1, -0.05) is 24.3 Å². The lowest BCUT2D eigenvalue weighted by Crippen LogP contribution is -2.22. The Kier molecular flexibility index (Phi) is 5.41. The monoisotopic (exact) mass is 418 g/mol. The van der Waals surface area contributed by atoms with Gasteiger partial charge in [-0.3, -0.25) is 9.36 Å². The lowest BCUT2D eigenvalue weighted by Gasteiger charge is -2.12. The number of para-hydroxylation sites is 1. The van der Waals surface area contributed by atoms with Crippen molar-refractivity contribution in [3.63, 3.8) is 0 Å². The molecule has 0 aliphatic heterocycles. The van der Waals surface area contributed by atoms with Crippen LogP contribution in [0, 0.1) is 11.6 Å². The number of hydrogen-bond donors (Lipinski definition) is 0. The second-order valence-corrected chi connectivity index (χ2v) is 6.67. The minimum Gasteiger partial charge on any atom is -0.465 e. The molecule has 5 nitrogen and oxygen atoms in total. The van der Waals surface area contributed by atoms with Gasteiger partial charge in [0.15, 0.2) is 11.6 Å². The highest BCUT2D eigenvalue weighted by molar-refractivity contribution is 5.89. The van der Waals surface area contributed by atoms with Crippen LogP contribution in [0.2, 0.25) is 0 Å². The van der Waals surface area contributed by atoms with Crippen LogP contribution < -0.4 is 5.56 Å². The summed E-state index contributed by atoms with van der Waals surface area (Å²) in [4.78, 5) is 29.5. The van der Waals surface area contributed by atoms with Gasteiger partial charge in [0.1, 0.15) is 5.82 Å². The quantitative estimate of drug-likeness (QED) is 0.454. The first-order valence-corrected chi connectivity index (χ1v) is 9.31. The summed E-state index contributed by atoms with van der Waals surface area (Å²) in [6, 6.07) is 16.7. The highest BCUT2D eigenvalue weighted by atomic mass is 19.2. The maximum absolute atomic E-state index is 13.5. The number of benzene rings is 3. The standard InChI is InChI=1S/C24H16F2N2O3/c1-31-24(30)16-8-10-17(11-9-16)28-22(13-7-15-6-12-19(25)20(26)14-15)27-21-5-3-2-4-18(21)23(28)29/h2-14H,1H3. The largest absolute Gasteiger partial charge is 0.465 e. The maximum Gasteiger partial charge on any atom is 0.337 e. The lowest BCUT2D eigenvalue weighted by atomic mass is 10.1. The molecular formula is C24H16F2N2O3. The minimum atomic E-state index is -0.968. The van der Waals surface area contributed by atoms with Gasteiger partial charge < -0.3 is 4.74 Å². The Bertz CT molecular complexity index is 1380. The van der Waals surface area contributed by atoms with E-state index >= 15 is 0 Å². The number of halogens is 2. The Morgan fingerprint density at radius 2 is 1.71 bits per heavy atom. The van der Waals surface area contributed by atoms with E-state index in [9.17, 15) is 18.4 Å². The first-order chi connectivity index (χ1) is 15.0. The number of nitrogens with zero attached hydrogens (tertiary/aromatic N) is 2. The SMILES string of the molecule is COC(=O)c1ccc(-n2c(C=Cc3ccc(F)c(F)c3)nc3ccccc3c2=O)cc1. The van der Waals surface area contributed by atoms with Crippen LogP contribution >= 0.6 is 0 Å². The fraction of sp³-hybridized carbons (Fsp3) is 0.0417. The summed E-state index contributed by atoms with van der Waals surface area (Å²) in [5.41, 5.74) is 1.43. The summed E-state index contributed by atoms with van der Waals surface area (Å²) in [7, 11) is 1.29. The van der Waals surface area contributed by atoms with Gasteiger partial charge >= 0.3 is 5.97 Å². The lowest BCUT2D eigenvalue weighted by molar-refractivity contribution is 0.0600. The van der Waals surface area contributed by atoms with Crippen molar-refractivity contribution in [2.24, 2.45) is 0 Å². The van der Waals surface area contributed by atoms with Gasteiger partial charge in [0.25, 0.3) is 5.56 Å². The zero-order chi connectivity index (χ0) is 22.0. The number of aromatic nitrogens is 2. The molecule has 0 bridgehead atoms. The van der Waals surface area contributed by atoms with Gasteiger partial charge in [0, 0.05) is 0 Å². The highest BCUT2D eigenvalue weighted by Gasteiger charge is 2.12. The van der Waals surface area contributed by atoms with Crippen molar-refractivity contribution < 1.29 is 18.3 Å². The van der Waals surface area contributed by atoms with Crippen molar-refractivity contribution in [1.82, 2.24) is 9.55 Å². The summed E-state index contributed by atoms with van der Waals surface area (Å²) in [5.74, 6) is -2.11. The Balaban J connectivity index is 1.87. The fourth-order valence-corrected chi connectivity index (χ4v) is 3.16. The predicted molar refractivity (Wildman–Crippen MR) is 114 cm³/mol. The summed E-state index contributed by atoms with van der Waals surface area (Å²) in [6.45, 7) is 0. The molecule has 154 valence electrons. The topological polar surface area (TPSA) is 61.2 Å². The van der Waals surface area contributed by atoms with E-state index in [4.69, 9.17) is 4.74 Å². The molecule has 7 heteroatoms. The molecule has 0 aliphatic rings. The molecular weight excluding hydrogens is 402 g/mol. The number of rotatable bonds is 4. The number of carbonyl (C=O) groups excluding carboxylic acids is 1. The van der Waals surface area contributed by atoms with E-state index in [-0.39, 0.29) is 5.56 Å². The van der Waals surface area contributed by atoms with Crippen LogP contribution in [-0.4, -0.2) is 22.6 Å². The third kappa shape index (κ3) is 3.98. The number of ether oxygens (including phenoxy) is 1. The van der Waals surface area contributed by atoms with Crippen LogP contribution in [0.15, 0.2) is 71.5 Å². The third-order valence-electron chi connectivity index (χ3n) is 4.72. The second kappa shape index (κ2) is 8.31. The molecule has 31 heavy (non-hydrogen) atoms. The molecule has 4 aromatic rings. The average molecular weight is 418 g/mol. The van der Waals surface area contributed by atoms with Crippen LogP contribution in [0.1, 0.15) is 21.7 Å². The first-order valence-electron chi connectivity index (χ1n) is 9.31. The van der Waals surface area contributed by atoms with Crippen LogP contribution in [0.3, 0.4) is 0 Å². The van der Waals surface area contributed by atoms with Crippen LogP contribution in [0.5, 0.6) is 0 Å². The molecule has 0 amide bonds. The normalized spacial score (nSPS) is 11.2. The smallest absolute Gasteiger partial charge is 0.337 e. The molecule has 1 heterocycles. The molecule has 0 saturated heterocycles. The van der Waals surface area contributed by atoms with Crippen molar-refractivity contribution >= 4 is 29.0 Å². The van der Waals surface area contributed by atoms with Gasteiger partial charge in [0.05, 0.1) is 29.3 Å². The molecule has 0 atom stereocenters. The van der Waals surface area contributed by atoms with E-state index in [1.54, 1.807) is 60.7 Å². The van der Waals surface area contributed by atoms with E-state index in [1.165, 1.54) is 17.7 Å². The van der Waals surface area contributed by atoms with Crippen LogP contribution in [0.25, 0.3) is 28.7 Å². The van der Waals surface area contributed by atoms with E-state index in [0.29, 0.717) is 33.5 Å². The number of hydrogen-bond acceptors (Lipinski definition) is 4. The minimum absolute atomic E-state index is 0.291. The molecule has 1 aromatic heterocycles. The van der Waals surface area contributed by atoms with E-state index in [0.717, 1.165) is 12.1 Å². The van der Waals surface area contributed by atoms with Crippen molar-refractivity contribution in [2.75, 3.05) is 7.11 Å². The Hall–Kier alpha value is -4.13. The molecule has 0 aliphatic carbocycles. The Morgan fingerprint density at radius 3 is 2.42 bits per heavy atom. The van der Waals surface area contributed by atoms with Crippen molar-refractivity contribution in [1.29, 1.82) is 0 Å². The van der Waals surface area contributed by atoms with E-state index in [1.807, 2.05) is 0 Å². The average Bonchev–Trinajstić information content (AvgIpc) is 2.79. The van der Waals surface area contributed by atoms with Gasteiger partial charge in [-0.25, -0.2) is 18.6 Å². The molecule has 0 radical (unpaired) electrons. The van der Waals surface area contributed by atoms with Gasteiger partial charge in [0.2, 0.25) is 0 Å². The molecule has 0 spiro atoms. The first kappa shape index (κ1) is 20.2. The fourth-order valence-electron chi connectivity index (χ4n) is 3.16. The molecule has 0 fully saturated rings. The zero-order valence-electron chi connectivity index (χ0n) is 16.4. The molecule has 0 unspecified atom stereocenters. The number of methoxy groups -OCH3 is 1. The molecule has 0 N–H and O–H groups in total. The third-order valence-corrected chi connectivity index (χ3v) is 4.72. The number of carbonyl (C=O) groups is 1. The van der Waals surface area contributed by atoms with Crippen molar-refractivity contribution in [2.45, 2.75) is 0 Å². The summed E-state index contributed by atoms with van der Waals surface area (Å²) < 4.78 is 32.8. The van der Waals surface area contributed by atoms with Crippen LogP contribution in [0.4, 0.5) is 8.78 Å². The summed E-state index contributed by atoms with van der Waals surface area (Å²) >= 11 is 0. The van der Waals surface area contributed by atoms with Gasteiger partial charge in [-0.05, 0) is 60.2 Å². The van der Waals surface area contributed by atoms with Crippen molar-refractivity contribution in [3.8, 4) is 5.69 Å². The van der Waals surface area contributed by atoms with Crippen LogP contribution in [-0.2, 0) is 4.74 Å². The molecule has 3 aromatic carbocycles. The predicted octanol–water partition coefficient (Wildman–Crippen LogP) is 4.62. The van der Waals surface area contributed by atoms with Gasteiger partial charge in [-0.15, -0.1) is 0 Å². The summed E-state index contributed by atoms with van der Waals surface area (Å²) in [5, 5.41) is 0.421. The van der Waals surface area contributed by atoms with Crippen molar-refractivity contribution in [3.05, 3.63) is 106 Å². The highest BCUT2D eigenvalue weighted by Crippen LogP contribution is 2.17. The maximum atomic E-state index is 13.5. The molecule has 0 saturated carbocycles. The zero-order valence-corrected chi connectivity index (χ0v) is 16.4. The van der Waals surface area contributed by atoms with E-state index < -0.39 is 17.6 Å². The summed E-state index contributed by atoms with van der Waals surface area (Å²) in [6.07, 6.45) is 3.09. The van der Waals surface area contributed by atoms with Gasteiger partial charge in [-0.2, -0.15) is 0 Å². The Labute approximate surface area is 175 Å². The molecule has 4 rings (SSSR count). The second-order valence-electron chi connectivity index (χ2n) is 6.67. The van der Waals surface area contributed by atoms with E-state index in [2.05, 4.69) is 4.98 Å².